The van der Waals surface area contributed by atoms with Gasteiger partial charge in [-0.2, -0.15) is 0 Å². The molecule has 0 fully saturated rings. The van der Waals surface area contributed by atoms with Gasteiger partial charge in [0.1, 0.15) is 6.10 Å². The topological polar surface area (TPSA) is 12.5 Å². The highest BCUT2D eigenvalue weighted by Crippen LogP contribution is 2.21. The Bertz CT molecular complexity index is 166. The Morgan fingerprint density at radius 2 is 2.18 bits per heavy atom. The van der Waals surface area contributed by atoms with E-state index in [-0.39, 0.29) is 6.54 Å². The summed E-state index contributed by atoms with van der Waals surface area (Å²) in [7, 11) is 1.69. The Balaban J connectivity index is 2.36. The van der Waals surface area contributed by atoms with E-state index in [1.165, 1.54) is 6.08 Å². The van der Waals surface area contributed by atoms with Crippen molar-refractivity contribution < 1.29 is 17.9 Å². The number of halogens is 3. The van der Waals surface area contributed by atoms with Crippen molar-refractivity contribution in [2.45, 2.75) is 12.5 Å². The molecule has 1 rings (SSSR count). The number of hydrogen-bond acceptors (Lipinski definition) is 2. The first-order valence-corrected chi connectivity index (χ1v) is 3.10. The molecule has 1 aliphatic rings. The lowest BCUT2D eigenvalue weighted by Gasteiger charge is -2.14. The average molecular weight is 167 g/mol. The minimum absolute atomic E-state index is 0.263. The minimum atomic E-state index is -4.53. The second-order valence-corrected chi connectivity index (χ2v) is 2.38. The fourth-order valence-corrected chi connectivity index (χ4v) is 0.897. The van der Waals surface area contributed by atoms with Gasteiger partial charge in [-0.15, -0.1) is 13.2 Å². The molecule has 0 aliphatic carbocycles. The van der Waals surface area contributed by atoms with E-state index in [0.29, 0.717) is 0 Å². The van der Waals surface area contributed by atoms with Gasteiger partial charge in [-0.3, -0.25) is 4.74 Å². The van der Waals surface area contributed by atoms with Gasteiger partial charge in [0.2, 0.25) is 0 Å². The van der Waals surface area contributed by atoms with E-state index >= 15 is 0 Å². The van der Waals surface area contributed by atoms with E-state index in [4.69, 9.17) is 0 Å². The number of ether oxygens (including phenoxy) is 1. The average Bonchev–Trinajstić information content (AvgIpc) is 2.10. The van der Waals surface area contributed by atoms with Gasteiger partial charge in [0.05, 0.1) is 0 Å². The third-order valence-electron chi connectivity index (χ3n) is 1.31. The van der Waals surface area contributed by atoms with Crippen molar-refractivity contribution in [3.05, 3.63) is 12.3 Å². The first-order valence-electron chi connectivity index (χ1n) is 3.10. The summed E-state index contributed by atoms with van der Waals surface area (Å²) in [6, 6.07) is 0. The van der Waals surface area contributed by atoms with E-state index in [1.54, 1.807) is 18.1 Å². The molecule has 11 heavy (non-hydrogen) atoms. The molecular formula is C6H8F3NO. The fourth-order valence-electron chi connectivity index (χ4n) is 0.897. The van der Waals surface area contributed by atoms with Gasteiger partial charge in [0, 0.05) is 13.6 Å². The molecule has 1 unspecified atom stereocenters. The quantitative estimate of drug-likeness (QED) is 0.584. The van der Waals surface area contributed by atoms with Gasteiger partial charge >= 0.3 is 6.36 Å². The predicted molar refractivity (Wildman–Crippen MR) is 32.7 cm³/mol. The molecule has 64 valence electrons. The molecule has 0 aromatic rings. The van der Waals surface area contributed by atoms with E-state index in [0.717, 1.165) is 0 Å². The summed E-state index contributed by atoms with van der Waals surface area (Å²) in [6.45, 7) is 0.263. The summed E-state index contributed by atoms with van der Waals surface area (Å²) in [5.41, 5.74) is 0. The lowest BCUT2D eigenvalue weighted by atomic mass is 10.4. The van der Waals surface area contributed by atoms with Crippen LogP contribution in [0.3, 0.4) is 0 Å². The summed E-state index contributed by atoms with van der Waals surface area (Å²) >= 11 is 0. The molecule has 0 amide bonds. The van der Waals surface area contributed by atoms with E-state index in [9.17, 15) is 13.2 Å². The normalized spacial score (nSPS) is 24.7. The summed E-state index contributed by atoms with van der Waals surface area (Å²) in [6.07, 6.45) is -2.43. The molecule has 0 bridgehead atoms. The Morgan fingerprint density at radius 3 is 2.55 bits per heavy atom. The van der Waals surface area contributed by atoms with Crippen molar-refractivity contribution in [3.63, 3.8) is 0 Å². The highest BCUT2D eigenvalue weighted by atomic mass is 19.4. The molecule has 0 radical (unpaired) electrons. The second-order valence-electron chi connectivity index (χ2n) is 2.38. The molecule has 2 nitrogen and oxygen atoms in total. The predicted octanol–water partition coefficient (Wildman–Crippen LogP) is 1.35. The Kier molecular flexibility index (Phi) is 2.08. The van der Waals surface area contributed by atoms with Crippen molar-refractivity contribution in [1.29, 1.82) is 0 Å². The molecule has 0 aromatic heterocycles. The standard InChI is InChI=1S/C6H8F3NO/c1-10-3-2-5(4-10)11-6(7,8)9/h2-3,5H,4H2,1H3. The Labute approximate surface area is 62.2 Å². The summed E-state index contributed by atoms with van der Waals surface area (Å²) < 4.78 is 38.4. The Morgan fingerprint density at radius 1 is 1.55 bits per heavy atom. The SMILES string of the molecule is CN1C=CC(OC(F)(F)F)C1. The van der Waals surface area contributed by atoms with Gasteiger partial charge in [-0.05, 0) is 12.3 Å². The van der Waals surface area contributed by atoms with Crippen LogP contribution in [0.4, 0.5) is 13.2 Å². The van der Waals surface area contributed by atoms with E-state index < -0.39 is 12.5 Å². The van der Waals surface area contributed by atoms with Crippen molar-refractivity contribution in [2.75, 3.05) is 13.6 Å². The van der Waals surface area contributed by atoms with Gasteiger partial charge in [-0.25, -0.2) is 0 Å². The molecule has 1 aliphatic heterocycles. The van der Waals surface area contributed by atoms with Gasteiger partial charge in [0.15, 0.2) is 0 Å². The fraction of sp³-hybridized carbons (Fsp3) is 0.667. The van der Waals surface area contributed by atoms with Crippen LogP contribution < -0.4 is 0 Å². The molecule has 1 atom stereocenters. The van der Waals surface area contributed by atoms with Crippen LogP contribution in [0.1, 0.15) is 0 Å². The number of nitrogens with zero attached hydrogens (tertiary/aromatic N) is 1. The zero-order chi connectivity index (χ0) is 8.48. The first kappa shape index (κ1) is 8.39. The van der Waals surface area contributed by atoms with Crippen LogP contribution in [0.25, 0.3) is 0 Å². The highest BCUT2D eigenvalue weighted by molar-refractivity contribution is 4.98. The van der Waals surface area contributed by atoms with Crippen LogP contribution in [0, 0.1) is 0 Å². The minimum Gasteiger partial charge on any atom is -0.378 e. The molecule has 0 saturated carbocycles. The largest absolute Gasteiger partial charge is 0.523 e. The summed E-state index contributed by atoms with van der Waals surface area (Å²) in [4.78, 5) is 1.64. The van der Waals surface area contributed by atoms with Gasteiger partial charge in [-0.1, -0.05) is 0 Å². The van der Waals surface area contributed by atoms with E-state index in [2.05, 4.69) is 4.74 Å². The maximum absolute atomic E-state index is 11.6. The molecule has 0 spiro atoms. The van der Waals surface area contributed by atoms with Crippen LogP contribution in [0.15, 0.2) is 12.3 Å². The third-order valence-corrected chi connectivity index (χ3v) is 1.31. The molecular weight excluding hydrogens is 159 g/mol. The Hall–Kier alpha value is -0.710. The van der Waals surface area contributed by atoms with Crippen LogP contribution in [0.2, 0.25) is 0 Å². The summed E-state index contributed by atoms with van der Waals surface area (Å²) in [5, 5.41) is 0. The number of hydrogen-bond donors (Lipinski definition) is 0. The maximum atomic E-state index is 11.6. The number of alkyl halides is 3. The van der Waals surface area contributed by atoms with Crippen molar-refractivity contribution in [2.24, 2.45) is 0 Å². The molecule has 5 heteroatoms. The van der Waals surface area contributed by atoms with Crippen molar-refractivity contribution in [3.8, 4) is 0 Å². The van der Waals surface area contributed by atoms with Gasteiger partial charge in [0.25, 0.3) is 0 Å². The molecule has 1 heterocycles. The van der Waals surface area contributed by atoms with Crippen molar-refractivity contribution >= 4 is 0 Å². The maximum Gasteiger partial charge on any atom is 0.523 e. The van der Waals surface area contributed by atoms with E-state index in [1.807, 2.05) is 0 Å². The zero-order valence-corrected chi connectivity index (χ0v) is 5.93. The number of likely N-dealkylation sites (N-methyl/N-ethyl adjacent to an activating group) is 1. The van der Waals surface area contributed by atoms with Crippen LogP contribution in [-0.2, 0) is 4.74 Å². The third kappa shape index (κ3) is 2.80. The summed E-state index contributed by atoms with van der Waals surface area (Å²) in [5.74, 6) is 0. The first-order chi connectivity index (χ1) is 4.97. The molecule has 0 aromatic carbocycles. The van der Waals surface area contributed by atoms with Gasteiger partial charge < -0.3 is 4.90 Å². The molecule has 0 N–H and O–H groups in total. The van der Waals surface area contributed by atoms with Crippen LogP contribution >= 0.6 is 0 Å². The zero-order valence-electron chi connectivity index (χ0n) is 5.93. The lowest BCUT2D eigenvalue weighted by molar-refractivity contribution is -0.335. The van der Waals surface area contributed by atoms with Crippen LogP contribution in [0.5, 0.6) is 0 Å². The highest BCUT2D eigenvalue weighted by Gasteiger charge is 2.33. The number of rotatable bonds is 1. The lowest BCUT2D eigenvalue weighted by Crippen LogP contribution is -2.26. The van der Waals surface area contributed by atoms with Crippen LogP contribution in [-0.4, -0.2) is 31.0 Å². The second kappa shape index (κ2) is 2.73. The van der Waals surface area contributed by atoms with Crippen molar-refractivity contribution in [1.82, 2.24) is 4.90 Å². The monoisotopic (exact) mass is 167 g/mol. The molecule has 0 saturated heterocycles. The smallest absolute Gasteiger partial charge is 0.378 e.